The summed E-state index contributed by atoms with van der Waals surface area (Å²) in [5, 5.41) is 42.4. The van der Waals surface area contributed by atoms with Gasteiger partial charge in [0, 0.05) is 0 Å². The minimum absolute atomic E-state index is 0.0976. The molecule has 4 N–H and O–H groups in total. The first-order valence-electron chi connectivity index (χ1n) is 15.9. The molecule has 0 heterocycles. The highest BCUT2D eigenvalue weighted by atomic mass is 19.4. The van der Waals surface area contributed by atoms with Gasteiger partial charge < -0.3 is 20.1 Å². The van der Waals surface area contributed by atoms with Crippen LogP contribution in [0.2, 0.25) is 0 Å². The van der Waals surface area contributed by atoms with Crippen molar-refractivity contribution in [1.29, 1.82) is 0 Å². The molecular weight excluding hydrogens is 656 g/mol. The summed E-state index contributed by atoms with van der Waals surface area (Å²) in [6, 6.07) is 21.0. The van der Waals surface area contributed by atoms with E-state index in [1.54, 1.807) is 36.4 Å². The number of hydrogen-bond acceptors (Lipinski definition) is 4. The number of benzene rings is 6. The lowest BCUT2D eigenvalue weighted by molar-refractivity contribution is -0.188. The fourth-order valence-electron chi connectivity index (χ4n) is 8.72. The minimum Gasteiger partial charge on any atom is -0.423 e. The monoisotopic (exact) mass is 680 g/mol. The Morgan fingerprint density at radius 1 is 0.440 bits per heavy atom. The van der Waals surface area contributed by atoms with Crippen molar-refractivity contribution in [2.45, 2.75) is 37.0 Å². The number of hydrogen-bond donors (Lipinski definition) is 4. The Labute approximate surface area is 281 Å². The van der Waals surface area contributed by atoms with Gasteiger partial charge in [0.25, 0.3) is 0 Å². The van der Waals surface area contributed by atoms with Crippen LogP contribution < -0.4 is 10.9 Å². The molecule has 0 spiro atoms. The van der Waals surface area contributed by atoms with E-state index in [1.165, 1.54) is 48.5 Å². The Bertz CT molecular complexity index is 2350. The first-order valence-corrected chi connectivity index (χ1v) is 15.9. The SMILES string of the molecule is CC1(C(F)(F)F)c2cc3c(cc2C(C)(C(F)(F)F)c2cc4c(cc21)-c1cc(B(O)O)cc2cccc-4c12)-c1cc(B(O)O)cc2cccc-3c12. The second-order valence-corrected chi connectivity index (χ2v) is 13.8. The Balaban J connectivity index is 1.41. The standard InChI is InChI=1S/C38H24B2F6O4/c1-35(37(41,42)43)29-13-23-21-7-3-5-17-9-20(40(49)50)12-28(33(17)21)26(23)16-32(29)36(2,38(44,45)46)30-14-24-22-8-4-6-18-10-19(39(47)48)11-27(34(18)22)25(24)15-31(30)35/h3-16,47-50H,1-2H3. The molecule has 6 aromatic rings. The third-order valence-corrected chi connectivity index (χ3v) is 11.4. The second kappa shape index (κ2) is 9.58. The van der Waals surface area contributed by atoms with E-state index in [4.69, 9.17) is 0 Å². The number of fused-ring (bicyclic) bond motifs is 8. The number of rotatable bonds is 2. The van der Waals surface area contributed by atoms with E-state index in [0.29, 0.717) is 54.9 Å². The van der Waals surface area contributed by atoms with Crippen LogP contribution in [0.3, 0.4) is 0 Å². The van der Waals surface area contributed by atoms with E-state index in [-0.39, 0.29) is 22.1 Å². The van der Waals surface area contributed by atoms with Crippen molar-refractivity contribution in [3.05, 3.63) is 107 Å². The highest BCUT2D eigenvalue weighted by molar-refractivity contribution is 6.59. The average molecular weight is 680 g/mol. The molecule has 2 atom stereocenters. The molecule has 0 fully saturated rings. The second-order valence-electron chi connectivity index (χ2n) is 13.8. The number of halogens is 6. The predicted molar refractivity (Wildman–Crippen MR) is 181 cm³/mol. The summed E-state index contributed by atoms with van der Waals surface area (Å²) in [4.78, 5) is 0. The van der Waals surface area contributed by atoms with Crippen LogP contribution in [-0.4, -0.2) is 46.7 Å². The van der Waals surface area contributed by atoms with Gasteiger partial charge in [-0.3, -0.25) is 0 Å². The molecule has 0 radical (unpaired) electrons. The molecule has 0 aliphatic heterocycles. The molecule has 12 heteroatoms. The van der Waals surface area contributed by atoms with E-state index in [0.717, 1.165) is 13.8 Å². The molecule has 9 rings (SSSR count). The summed E-state index contributed by atoms with van der Waals surface area (Å²) in [6.45, 7) is 1.85. The quantitative estimate of drug-likeness (QED) is 0.121. The summed E-state index contributed by atoms with van der Waals surface area (Å²) in [7, 11) is -3.76. The van der Waals surface area contributed by atoms with Crippen LogP contribution in [0.4, 0.5) is 26.3 Å². The van der Waals surface area contributed by atoms with Gasteiger partial charge in [-0.1, -0.05) is 60.7 Å². The molecule has 3 aliphatic carbocycles. The van der Waals surface area contributed by atoms with Gasteiger partial charge in [0.1, 0.15) is 10.8 Å². The van der Waals surface area contributed by atoms with Crippen LogP contribution >= 0.6 is 0 Å². The van der Waals surface area contributed by atoms with Crippen molar-refractivity contribution in [3.8, 4) is 44.5 Å². The maximum atomic E-state index is 15.8. The van der Waals surface area contributed by atoms with Gasteiger partial charge in [-0.25, -0.2) is 0 Å². The topological polar surface area (TPSA) is 80.9 Å². The van der Waals surface area contributed by atoms with Crippen LogP contribution in [-0.2, 0) is 10.8 Å². The molecule has 2 unspecified atom stereocenters. The molecule has 3 aliphatic rings. The third-order valence-electron chi connectivity index (χ3n) is 11.4. The lowest BCUT2D eigenvalue weighted by Crippen LogP contribution is -2.53. The summed E-state index contributed by atoms with van der Waals surface area (Å²) in [6.07, 6.45) is -10.1. The molecule has 0 saturated carbocycles. The highest BCUT2D eigenvalue weighted by Crippen LogP contribution is 2.64. The first-order chi connectivity index (χ1) is 23.5. The zero-order valence-electron chi connectivity index (χ0n) is 26.3. The van der Waals surface area contributed by atoms with E-state index >= 15 is 26.3 Å². The lowest BCUT2D eigenvalue weighted by Gasteiger charge is -2.48. The van der Waals surface area contributed by atoms with Gasteiger partial charge in [-0.05, 0) is 137 Å². The van der Waals surface area contributed by atoms with Crippen molar-refractivity contribution in [2.75, 3.05) is 0 Å². The van der Waals surface area contributed by atoms with Crippen LogP contribution in [0.1, 0.15) is 36.1 Å². The maximum Gasteiger partial charge on any atom is 0.488 e. The molecule has 248 valence electrons. The molecule has 4 nitrogen and oxygen atoms in total. The molecule has 6 aromatic carbocycles. The van der Waals surface area contributed by atoms with Gasteiger partial charge in [0.2, 0.25) is 0 Å². The van der Waals surface area contributed by atoms with E-state index in [2.05, 4.69) is 0 Å². The summed E-state index contributed by atoms with van der Waals surface area (Å²) >= 11 is 0. The molecule has 0 aromatic heterocycles. The smallest absolute Gasteiger partial charge is 0.423 e. The highest BCUT2D eigenvalue weighted by Gasteiger charge is 2.66. The Morgan fingerprint density at radius 2 is 0.760 bits per heavy atom. The largest absolute Gasteiger partial charge is 0.488 e. The first kappa shape index (κ1) is 31.4. The number of alkyl halides is 6. The van der Waals surface area contributed by atoms with Crippen molar-refractivity contribution >= 4 is 46.7 Å². The van der Waals surface area contributed by atoms with Gasteiger partial charge in [-0.2, -0.15) is 26.3 Å². The maximum absolute atomic E-state index is 15.8. The van der Waals surface area contributed by atoms with Crippen LogP contribution in [0.25, 0.3) is 66.1 Å². The molecule has 0 amide bonds. The van der Waals surface area contributed by atoms with Gasteiger partial charge in [0.05, 0.1) is 0 Å². The van der Waals surface area contributed by atoms with Gasteiger partial charge in [0.15, 0.2) is 0 Å². The van der Waals surface area contributed by atoms with Crippen molar-refractivity contribution in [1.82, 2.24) is 0 Å². The molecule has 50 heavy (non-hydrogen) atoms. The zero-order valence-corrected chi connectivity index (χ0v) is 26.3. The third kappa shape index (κ3) is 3.69. The van der Waals surface area contributed by atoms with E-state index < -0.39 is 59.7 Å². The van der Waals surface area contributed by atoms with Crippen molar-refractivity contribution < 1.29 is 46.4 Å². The van der Waals surface area contributed by atoms with Crippen molar-refractivity contribution in [2.24, 2.45) is 0 Å². The predicted octanol–water partition coefficient (Wildman–Crippen LogP) is 6.70. The fourth-order valence-corrected chi connectivity index (χ4v) is 8.72. The normalized spacial score (nSPS) is 19.8. The van der Waals surface area contributed by atoms with Gasteiger partial charge in [-0.15, -0.1) is 0 Å². The lowest BCUT2D eigenvalue weighted by atomic mass is 9.57. The average Bonchev–Trinajstić information content (AvgIpc) is 3.54. The minimum atomic E-state index is -5.05. The van der Waals surface area contributed by atoms with Crippen LogP contribution in [0.5, 0.6) is 0 Å². The van der Waals surface area contributed by atoms with E-state index in [1.807, 2.05) is 0 Å². The Kier molecular flexibility index (Phi) is 6.01. The molecular formula is C38H24B2F6O4. The fraction of sp³-hybridized carbons (Fsp3) is 0.158. The Hall–Kier alpha value is -4.61. The van der Waals surface area contributed by atoms with Gasteiger partial charge >= 0.3 is 26.6 Å². The summed E-state index contributed by atoms with van der Waals surface area (Å²) in [5.41, 5.74) is -4.67. The van der Waals surface area contributed by atoms with Crippen molar-refractivity contribution in [3.63, 3.8) is 0 Å². The van der Waals surface area contributed by atoms with E-state index in [9.17, 15) is 20.1 Å². The Morgan fingerprint density at radius 3 is 1.06 bits per heavy atom. The summed E-state index contributed by atoms with van der Waals surface area (Å²) in [5.74, 6) is 0. The summed E-state index contributed by atoms with van der Waals surface area (Å²) < 4.78 is 95.0. The van der Waals surface area contributed by atoms with Crippen LogP contribution in [0, 0.1) is 0 Å². The molecule has 0 bridgehead atoms. The zero-order chi connectivity index (χ0) is 35.4. The molecule has 0 saturated heterocycles. The van der Waals surface area contributed by atoms with Crippen LogP contribution in [0.15, 0.2) is 84.9 Å².